The standard InChI is InChI=1S/C18H21N/c1-2-4-9-16-14-17(10-5-3-1)19-13-12-15-8-6-7-11-18(15)16/h6-8,11-14H,1-5,9-10H2/b13-12?,15-12-,16-14?,17-14-,18-16-,19-13-,19-17?. The largest absolute Gasteiger partial charge is 0.261 e. The molecule has 1 aliphatic carbocycles. The van der Waals surface area contributed by atoms with E-state index in [-0.39, 0.29) is 0 Å². The van der Waals surface area contributed by atoms with Crippen molar-refractivity contribution in [1.29, 1.82) is 0 Å². The fourth-order valence-electron chi connectivity index (χ4n) is 2.96. The molecule has 0 N–H and O–H groups in total. The molecule has 3 rings (SSSR count). The molecule has 19 heavy (non-hydrogen) atoms. The van der Waals surface area contributed by atoms with Crippen molar-refractivity contribution >= 4 is 17.9 Å². The number of fused-ring (bicyclic) bond motifs is 2. The van der Waals surface area contributed by atoms with Gasteiger partial charge in [0.15, 0.2) is 0 Å². The van der Waals surface area contributed by atoms with Crippen molar-refractivity contribution in [3.8, 4) is 0 Å². The Labute approximate surface area is 115 Å². The summed E-state index contributed by atoms with van der Waals surface area (Å²) in [6.07, 6.45) is 15.4. The quantitative estimate of drug-likeness (QED) is 0.670. The van der Waals surface area contributed by atoms with Crippen LogP contribution in [0.5, 0.6) is 0 Å². The maximum absolute atomic E-state index is 4.64. The van der Waals surface area contributed by atoms with Gasteiger partial charge >= 0.3 is 0 Å². The third-order valence-electron chi connectivity index (χ3n) is 4.02. The van der Waals surface area contributed by atoms with E-state index in [4.69, 9.17) is 0 Å². The molecule has 1 aliphatic heterocycles. The summed E-state index contributed by atoms with van der Waals surface area (Å²) in [4.78, 5) is 4.64. The normalized spacial score (nSPS) is 28.6. The summed E-state index contributed by atoms with van der Waals surface area (Å²) >= 11 is 0. The molecule has 0 amide bonds. The van der Waals surface area contributed by atoms with Crippen LogP contribution in [0.1, 0.15) is 44.9 Å². The highest BCUT2D eigenvalue weighted by Gasteiger charge is 2.05. The molecule has 98 valence electrons. The van der Waals surface area contributed by atoms with Crippen molar-refractivity contribution in [1.82, 2.24) is 0 Å². The zero-order chi connectivity index (χ0) is 12.9. The fraction of sp³-hybridized carbons (Fsp3) is 0.389. The molecular weight excluding hydrogens is 230 g/mol. The van der Waals surface area contributed by atoms with Crippen molar-refractivity contribution in [2.45, 2.75) is 44.9 Å². The van der Waals surface area contributed by atoms with Crippen LogP contribution in [0.2, 0.25) is 0 Å². The van der Waals surface area contributed by atoms with Crippen LogP contribution in [0.25, 0.3) is 11.6 Å². The van der Waals surface area contributed by atoms with Crippen LogP contribution in [0, 0.1) is 0 Å². The first-order valence-electron chi connectivity index (χ1n) is 7.47. The first-order chi connectivity index (χ1) is 9.43. The van der Waals surface area contributed by atoms with Crippen LogP contribution < -0.4 is 10.4 Å². The van der Waals surface area contributed by atoms with E-state index in [2.05, 4.69) is 41.4 Å². The maximum Gasteiger partial charge on any atom is 0.0406 e. The van der Waals surface area contributed by atoms with Gasteiger partial charge < -0.3 is 0 Å². The highest BCUT2D eigenvalue weighted by Crippen LogP contribution is 2.20. The van der Waals surface area contributed by atoms with Gasteiger partial charge in [0.2, 0.25) is 0 Å². The molecule has 1 nitrogen and oxygen atoms in total. The van der Waals surface area contributed by atoms with Crippen LogP contribution in [0.4, 0.5) is 0 Å². The molecular formula is C18H21N. The zero-order valence-electron chi connectivity index (χ0n) is 11.4. The first-order valence-corrected chi connectivity index (χ1v) is 7.47. The monoisotopic (exact) mass is 251 g/mol. The molecule has 2 aliphatic rings. The van der Waals surface area contributed by atoms with E-state index in [0.29, 0.717) is 0 Å². The molecule has 1 aromatic rings. The van der Waals surface area contributed by atoms with Gasteiger partial charge in [-0.05, 0) is 53.8 Å². The van der Waals surface area contributed by atoms with Gasteiger partial charge in [-0.15, -0.1) is 0 Å². The lowest BCUT2D eigenvalue weighted by Crippen LogP contribution is -2.27. The van der Waals surface area contributed by atoms with Gasteiger partial charge in [-0.25, -0.2) is 0 Å². The Morgan fingerprint density at radius 2 is 1.63 bits per heavy atom. The maximum atomic E-state index is 4.64. The molecule has 2 bridgehead atoms. The second-order valence-electron chi connectivity index (χ2n) is 5.46. The minimum Gasteiger partial charge on any atom is -0.261 e. The number of hydrogen-bond acceptors (Lipinski definition) is 1. The number of allylic oxidation sites excluding steroid dienone is 2. The van der Waals surface area contributed by atoms with Gasteiger partial charge in [-0.3, -0.25) is 4.99 Å². The number of rotatable bonds is 0. The Balaban J connectivity index is 2.15. The van der Waals surface area contributed by atoms with E-state index in [0.717, 1.165) is 6.42 Å². The van der Waals surface area contributed by atoms with E-state index in [1.165, 1.54) is 60.2 Å². The second-order valence-corrected chi connectivity index (χ2v) is 5.46. The number of benzene rings is 1. The van der Waals surface area contributed by atoms with Crippen LogP contribution in [-0.4, -0.2) is 6.21 Å². The number of nitrogens with zero attached hydrogens (tertiary/aromatic N) is 1. The van der Waals surface area contributed by atoms with Gasteiger partial charge in [0.1, 0.15) is 0 Å². The molecule has 0 aromatic heterocycles. The lowest BCUT2D eigenvalue weighted by Gasteiger charge is -2.11. The topological polar surface area (TPSA) is 12.4 Å². The van der Waals surface area contributed by atoms with Crippen LogP contribution >= 0.6 is 0 Å². The van der Waals surface area contributed by atoms with Gasteiger partial charge in [-0.2, -0.15) is 0 Å². The van der Waals surface area contributed by atoms with E-state index >= 15 is 0 Å². The summed E-state index contributed by atoms with van der Waals surface area (Å²) < 4.78 is 0. The Morgan fingerprint density at radius 1 is 0.842 bits per heavy atom. The van der Waals surface area contributed by atoms with Gasteiger partial charge in [0, 0.05) is 11.9 Å². The molecule has 0 radical (unpaired) electrons. The summed E-state index contributed by atoms with van der Waals surface area (Å²) in [7, 11) is 0. The SMILES string of the molecule is C1=N\C2=C/C(=c3/cccc/c3=C/1)CCCCCCC2. The molecule has 0 spiro atoms. The predicted molar refractivity (Wildman–Crippen MR) is 82.5 cm³/mol. The third-order valence-corrected chi connectivity index (χ3v) is 4.02. The Kier molecular flexibility index (Phi) is 3.92. The summed E-state index contributed by atoms with van der Waals surface area (Å²) in [6.45, 7) is 0. The number of aliphatic imine (C=N–C) groups is 1. The van der Waals surface area contributed by atoms with E-state index in [9.17, 15) is 0 Å². The molecule has 1 heterocycles. The van der Waals surface area contributed by atoms with Crippen LogP contribution in [0.3, 0.4) is 0 Å². The van der Waals surface area contributed by atoms with Crippen molar-refractivity contribution in [3.05, 3.63) is 46.5 Å². The highest BCUT2D eigenvalue weighted by atomic mass is 14.7. The lowest BCUT2D eigenvalue weighted by atomic mass is 9.97. The van der Waals surface area contributed by atoms with E-state index in [1.807, 2.05) is 6.21 Å². The Morgan fingerprint density at radius 3 is 2.58 bits per heavy atom. The van der Waals surface area contributed by atoms with Crippen LogP contribution in [-0.2, 0) is 0 Å². The minimum absolute atomic E-state index is 1.12. The summed E-state index contributed by atoms with van der Waals surface area (Å²) in [6, 6.07) is 8.69. The van der Waals surface area contributed by atoms with Crippen molar-refractivity contribution in [2.24, 2.45) is 4.99 Å². The molecule has 0 saturated carbocycles. The first kappa shape index (κ1) is 12.4. The third kappa shape index (κ3) is 3.04. The summed E-state index contributed by atoms with van der Waals surface area (Å²) in [5, 5.41) is 2.69. The zero-order valence-corrected chi connectivity index (χ0v) is 11.4. The van der Waals surface area contributed by atoms with Gasteiger partial charge in [0.25, 0.3) is 0 Å². The number of hydrogen-bond donors (Lipinski definition) is 0. The Hall–Kier alpha value is -1.63. The fourth-order valence-corrected chi connectivity index (χ4v) is 2.96. The van der Waals surface area contributed by atoms with Crippen molar-refractivity contribution in [2.75, 3.05) is 0 Å². The van der Waals surface area contributed by atoms with Crippen LogP contribution in [0.15, 0.2) is 41.0 Å². The molecule has 0 atom stereocenters. The van der Waals surface area contributed by atoms with Gasteiger partial charge in [0.05, 0.1) is 0 Å². The van der Waals surface area contributed by atoms with E-state index in [1.54, 1.807) is 0 Å². The van der Waals surface area contributed by atoms with Crippen molar-refractivity contribution in [3.63, 3.8) is 0 Å². The average molecular weight is 251 g/mol. The summed E-state index contributed by atoms with van der Waals surface area (Å²) in [5.74, 6) is 0. The summed E-state index contributed by atoms with van der Waals surface area (Å²) in [5.41, 5.74) is 2.73. The molecule has 1 aromatic carbocycles. The highest BCUT2D eigenvalue weighted by molar-refractivity contribution is 5.92. The Bertz CT molecular complexity index is 619. The lowest BCUT2D eigenvalue weighted by molar-refractivity contribution is 0.613. The molecule has 0 saturated heterocycles. The molecule has 1 heteroatoms. The van der Waals surface area contributed by atoms with E-state index < -0.39 is 0 Å². The second kappa shape index (κ2) is 6.01. The van der Waals surface area contributed by atoms with Crippen molar-refractivity contribution < 1.29 is 0 Å². The minimum atomic E-state index is 1.12. The smallest absolute Gasteiger partial charge is 0.0406 e. The molecule has 0 unspecified atom stereocenters. The molecule has 0 fully saturated rings. The predicted octanol–water partition coefficient (Wildman–Crippen LogP) is 3.33. The average Bonchev–Trinajstić information content (AvgIpc) is 2.44. The van der Waals surface area contributed by atoms with Gasteiger partial charge in [-0.1, -0.05) is 43.5 Å².